The summed E-state index contributed by atoms with van der Waals surface area (Å²) in [5.74, 6) is -0.853. The lowest BCUT2D eigenvalue weighted by atomic mass is 10.0. The number of rotatable bonds is 5. The fraction of sp³-hybridized carbons (Fsp3) is 0.545. The molecule has 0 fully saturated rings. The van der Waals surface area contributed by atoms with Crippen molar-refractivity contribution >= 4 is 17.3 Å². The number of likely N-dealkylation sites (N-methyl/N-ethyl adjacent to an activating group) is 1. The molecule has 0 amide bonds. The van der Waals surface area contributed by atoms with Crippen LogP contribution in [0.15, 0.2) is 11.4 Å². The van der Waals surface area contributed by atoms with E-state index in [1.807, 2.05) is 37.4 Å². The Hall–Kier alpha value is -0.910. The van der Waals surface area contributed by atoms with Gasteiger partial charge in [-0.25, -0.2) is 0 Å². The molecule has 0 aromatic carbocycles. The van der Waals surface area contributed by atoms with Gasteiger partial charge in [0.15, 0.2) is 0 Å². The molecule has 0 saturated heterocycles. The zero-order valence-electron chi connectivity index (χ0n) is 9.80. The lowest BCUT2D eigenvalue weighted by Gasteiger charge is -2.29. The molecule has 0 bridgehead atoms. The molecule has 1 aromatic heterocycles. The van der Waals surface area contributed by atoms with Gasteiger partial charge in [-0.3, -0.25) is 4.79 Å². The van der Waals surface area contributed by atoms with E-state index in [1.165, 1.54) is 5.56 Å². The number of nitrogens with two attached hydrogens (primary N) is 1. The number of hydrogen-bond acceptors (Lipinski definition) is 4. The van der Waals surface area contributed by atoms with E-state index >= 15 is 0 Å². The summed E-state index contributed by atoms with van der Waals surface area (Å²) in [6.07, 6.45) is -0.0137. The third kappa shape index (κ3) is 3.04. The van der Waals surface area contributed by atoms with E-state index in [0.29, 0.717) is 0 Å². The van der Waals surface area contributed by atoms with Crippen molar-refractivity contribution in [3.8, 4) is 0 Å². The number of thiophene rings is 1. The second kappa shape index (κ2) is 5.43. The van der Waals surface area contributed by atoms with Crippen LogP contribution in [-0.2, 0) is 4.79 Å². The second-order valence-electron chi connectivity index (χ2n) is 4.14. The number of carbonyl (C=O) groups is 1. The predicted molar refractivity (Wildman–Crippen MR) is 65.7 cm³/mol. The molecule has 16 heavy (non-hydrogen) atoms. The predicted octanol–water partition coefficient (Wildman–Crippen LogP) is 1.46. The fourth-order valence-corrected chi connectivity index (χ4v) is 3.01. The summed E-state index contributed by atoms with van der Waals surface area (Å²) in [7, 11) is 3.84. The molecule has 2 atom stereocenters. The van der Waals surface area contributed by atoms with E-state index in [2.05, 4.69) is 0 Å². The van der Waals surface area contributed by atoms with Crippen LogP contribution in [0.4, 0.5) is 0 Å². The van der Waals surface area contributed by atoms with Crippen molar-refractivity contribution in [3.63, 3.8) is 0 Å². The molecule has 3 N–H and O–H groups in total. The minimum absolute atomic E-state index is 0.0137. The van der Waals surface area contributed by atoms with Gasteiger partial charge in [-0.05, 0) is 38.0 Å². The number of carboxylic acid groups (broad SMARTS) is 1. The van der Waals surface area contributed by atoms with Gasteiger partial charge >= 0.3 is 5.97 Å². The van der Waals surface area contributed by atoms with Gasteiger partial charge < -0.3 is 15.7 Å². The summed E-state index contributed by atoms with van der Waals surface area (Å²) in [5.41, 5.74) is 7.13. The molecular weight excluding hydrogens is 224 g/mol. The first-order chi connectivity index (χ1) is 7.43. The van der Waals surface area contributed by atoms with E-state index in [1.54, 1.807) is 11.3 Å². The van der Waals surface area contributed by atoms with Crippen LogP contribution in [0.5, 0.6) is 0 Å². The summed E-state index contributed by atoms with van der Waals surface area (Å²) in [5, 5.41) is 10.8. The Morgan fingerprint density at radius 2 is 2.25 bits per heavy atom. The maximum Gasteiger partial charge on any atom is 0.304 e. The highest BCUT2D eigenvalue weighted by Gasteiger charge is 2.26. The van der Waals surface area contributed by atoms with Crippen molar-refractivity contribution in [1.29, 1.82) is 0 Å². The molecule has 0 saturated carbocycles. The van der Waals surface area contributed by atoms with Gasteiger partial charge in [0.2, 0.25) is 0 Å². The first kappa shape index (κ1) is 13.2. The van der Waals surface area contributed by atoms with Gasteiger partial charge in [0.25, 0.3) is 0 Å². The molecule has 5 heteroatoms. The summed E-state index contributed by atoms with van der Waals surface area (Å²) in [4.78, 5) is 13.8. The van der Waals surface area contributed by atoms with Gasteiger partial charge in [-0.1, -0.05) is 0 Å². The van der Waals surface area contributed by atoms with Crippen LogP contribution in [0.25, 0.3) is 0 Å². The van der Waals surface area contributed by atoms with Crippen molar-refractivity contribution in [2.45, 2.75) is 25.4 Å². The van der Waals surface area contributed by atoms with Gasteiger partial charge in [0.1, 0.15) is 0 Å². The Labute approximate surface area is 99.7 Å². The molecule has 0 radical (unpaired) electrons. The Balaban J connectivity index is 2.92. The average molecular weight is 242 g/mol. The van der Waals surface area contributed by atoms with Crippen molar-refractivity contribution in [2.24, 2.45) is 5.73 Å². The van der Waals surface area contributed by atoms with E-state index in [9.17, 15) is 4.79 Å². The third-order valence-electron chi connectivity index (χ3n) is 2.54. The summed E-state index contributed by atoms with van der Waals surface area (Å²) in [6, 6.07) is 1.62. The first-order valence-corrected chi connectivity index (χ1v) is 5.99. The van der Waals surface area contributed by atoms with Crippen LogP contribution in [-0.4, -0.2) is 36.1 Å². The number of aryl methyl sites for hydroxylation is 1. The number of carboxylic acids is 1. The SMILES string of the molecule is Cc1ccsc1C(C(N)CC(=O)O)N(C)C. The normalized spacial score (nSPS) is 15.1. The highest BCUT2D eigenvalue weighted by molar-refractivity contribution is 7.10. The van der Waals surface area contributed by atoms with Crippen LogP contribution in [0.2, 0.25) is 0 Å². The molecule has 1 rings (SSSR count). The Bertz CT molecular complexity index is 363. The molecule has 0 aliphatic heterocycles. The van der Waals surface area contributed by atoms with Gasteiger partial charge in [-0.2, -0.15) is 0 Å². The average Bonchev–Trinajstić information content (AvgIpc) is 2.50. The van der Waals surface area contributed by atoms with Gasteiger partial charge in [-0.15, -0.1) is 11.3 Å². The van der Waals surface area contributed by atoms with E-state index in [0.717, 1.165) is 4.88 Å². The van der Waals surface area contributed by atoms with Crippen molar-refractivity contribution in [1.82, 2.24) is 4.90 Å². The monoisotopic (exact) mass is 242 g/mol. The van der Waals surface area contributed by atoms with Crippen LogP contribution in [0.3, 0.4) is 0 Å². The van der Waals surface area contributed by atoms with Crippen molar-refractivity contribution in [3.05, 3.63) is 21.9 Å². The smallest absolute Gasteiger partial charge is 0.304 e. The maximum absolute atomic E-state index is 10.7. The highest BCUT2D eigenvalue weighted by Crippen LogP contribution is 2.30. The third-order valence-corrected chi connectivity index (χ3v) is 3.63. The maximum atomic E-state index is 10.7. The fourth-order valence-electron chi connectivity index (χ4n) is 1.81. The summed E-state index contributed by atoms with van der Waals surface area (Å²) < 4.78 is 0. The molecule has 90 valence electrons. The Morgan fingerprint density at radius 3 is 2.62 bits per heavy atom. The summed E-state index contributed by atoms with van der Waals surface area (Å²) in [6.45, 7) is 2.02. The van der Waals surface area contributed by atoms with Crippen LogP contribution in [0, 0.1) is 6.92 Å². The Morgan fingerprint density at radius 1 is 1.62 bits per heavy atom. The van der Waals surface area contributed by atoms with Crippen LogP contribution in [0.1, 0.15) is 22.9 Å². The van der Waals surface area contributed by atoms with E-state index in [4.69, 9.17) is 10.8 Å². The molecule has 1 aromatic rings. The molecular formula is C11H18N2O2S. The highest BCUT2D eigenvalue weighted by atomic mass is 32.1. The number of hydrogen-bond donors (Lipinski definition) is 2. The van der Waals surface area contributed by atoms with E-state index < -0.39 is 5.97 Å². The topological polar surface area (TPSA) is 66.6 Å². The van der Waals surface area contributed by atoms with Crippen molar-refractivity contribution < 1.29 is 9.90 Å². The molecule has 0 aliphatic carbocycles. The van der Waals surface area contributed by atoms with Crippen molar-refractivity contribution in [2.75, 3.05) is 14.1 Å². The minimum Gasteiger partial charge on any atom is -0.481 e. The van der Waals surface area contributed by atoms with Gasteiger partial charge in [0.05, 0.1) is 12.5 Å². The lowest BCUT2D eigenvalue weighted by Crippen LogP contribution is -2.38. The molecule has 0 spiro atoms. The first-order valence-electron chi connectivity index (χ1n) is 5.11. The zero-order valence-corrected chi connectivity index (χ0v) is 10.6. The lowest BCUT2D eigenvalue weighted by molar-refractivity contribution is -0.137. The van der Waals surface area contributed by atoms with Crippen LogP contribution < -0.4 is 5.73 Å². The molecule has 1 heterocycles. The largest absolute Gasteiger partial charge is 0.481 e. The van der Waals surface area contributed by atoms with Crippen LogP contribution >= 0.6 is 11.3 Å². The second-order valence-corrected chi connectivity index (χ2v) is 5.09. The van der Waals surface area contributed by atoms with Gasteiger partial charge in [0, 0.05) is 10.9 Å². The summed E-state index contributed by atoms with van der Waals surface area (Å²) >= 11 is 1.63. The molecule has 0 aliphatic rings. The number of aliphatic carboxylic acids is 1. The molecule has 2 unspecified atom stereocenters. The molecule has 4 nitrogen and oxygen atoms in total. The minimum atomic E-state index is -0.853. The standard InChI is InChI=1S/C11H18N2O2S/c1-7-4-5-16-11(7)10(13(2)3)8(12)6-9(14)15/h4-5,8,10H,6,12H2,1-3H3,(H,14,15). The number of nitrogens with zero attached hydrogens (tertiary/aromatic N) is 1. The quantitative estimate of drug-likeness (QED) is 0.820. The Kier molecular flexibility index (Phi) is 4.46. The zero-order chi connectivity index (χ0) is 12.3. The van der Waals surface area contributed by atoms with E-state index in [-0.39, 0.29) is 18.5 Å².